The second kappa shape index (κ2) is 6.95. The number of amides is 1. The number of aromatic nitrogens is 1. The van der Waals surface area contributed by atoms with Crippen LogP contribution < -0.4 is 10.6 Å². The zero-order chi connectivity index (χ0) is 13.5. The van der Waals surface area contributed by atoms with E-state index >= 15 is 0 Å². The summed E-state index contributed by atoms with van der Waals surface area (Å²) >= 11 is 1.21. The highest BCUT2D eigenvalue weighted by molar-refractivity contribution is 7.10. The smallest absolute Gasteiger partial charge is 0.343 e. The van der Waals surface area contributed by atoms with Gasteiger partial charge in [-0.3, -0.25) is 4.79 Å². The van der Waals surface area contributed by atoms with Gasteiger partial charge in [0.2, 0.25) is 5.91 Å². The van der Waals surface area contributed by atoms with E-state index in [4.69, 9.17) is 4.74 Å². The lowest BCUT2D eigenvalue weighted by Gasteiger charge is -2.07. The number of hydrogen-bond acceptors (Lipinski definition) is 6. The van der Waals surface area contributed by atoms with Crippen molar-refractivity contribution >= 4 is 28.4 Å². The third-order valence-corrected chi connectivity index (χ3v) is 3.02. The van der Waals surface area contributed by atoms with Crippen LogP contribution in [-0.2, 0) is 9.53 Å². The van der Waals surface area contributed by atoms with E-state index in [2.05, 4.69) is 15.0 Å². The van der Waals surface area contributed by atoms with Crippen LogP contribution in [0.4, 0.5) is 5.00 Å². The Morgan fingerprint density at radius 1 is 1.39 bits per heavy atom. The largest absolute Gasteiger partial charge is 0.462 e. The summed E-state index contributed by atoms with van der Waals surface area (Å²) in [7, 11) is 0. The standard InChI is InChI=1S/C11H17N3O3S/c1-4-17-11(16)9-7(2)14-18-10(9)13-6-5-12-8(3)15/h13H,4-6H2,1-3H3,(H,12,15). The molecule has 0 unspecified atom stereocenters. The minimum atomic E-state index is -0.370. The summed E-state index contributed by atoms with van der Waals surface area (Å²) in [5.41, 5.74) is 1.13. The van der Waals surface area contributed by atoms with Gasteiger partial charge in [-0.2, -0.15) is 4.37 Å². The van der Waals surface area contributed by atoms with E-state index < -0.39 is 0 Å². The fraction of sp³-hybridized carbons (Fsp3) is 0.545. The van der Waals surface area contributed by atoms with Crippen LogP contribution in [0.2, 0.25) is 0 Å². The van der Waals surface area contributed by atoms with Crippen LogP contribution in [0.15, 0.2) is 0 Å². The molecule has 18 heavy (non-hydrogen) atoms. The molecule has 0 saturated carbocycles. The van der Waals surface area contributed by atoms with Crippen molar-refractivity contribution in [1.29, 1.82) is 0 Å². The van der Waals surface area contributed by atoms with Crippen molar-refractivity contribution in [3.63, 3.8) is 0 Å². The fourth-order valence-corrected chi connectivity index (χ4v) is 2.16. The Morgan fingerprint density at radius 2 is 2.11 bits per heavy atom. The van der Waals surface area contributed by atoms with Crippen LogP contribution in [0, 0.1) is 6.92 Å². The molecule has 0 aliphatic heterocycles. The molecule has 0 atom stereocenters. The van der Waals surface area contributed by atoms with E-state index in [1.807, 2.05) is 0 Å². The van der Waals surface area contributed by atoms with Gasteiger partial charge in [-0.15, -0.1) is 0 Å². The Labute approximate surface area is 110 Å². The quantitative estimate of drug-likeness (QED) is 0.600. The Morgan fingerprint density at radius 3 is 2.72 bits per heavy atom. The maximum absolute atomic E-state index is 11.7. The lowest BCUT2D eigenvalue weighted by Crippen LogP contribution is -2.26. The minimum absolute atomic E-state index is 0.0806. The van der Waals surface area contributed by atoms with Gasteiger partial charge in [0.25, 0.3) is 0 Å². The summed E-state index contributed by atoms with van der Waals surface area (Å²) in [6.07, 6.45) is 0. The number of nitrogens with one attached hydrogen (secondary N) is 2. The second-order valence-electron chi connectivity index (χ2n) is 3.60. The van der Waals surface area contributed by atoms with Crippen LogP contribution >= 0.6 is 11.5 Å². The number of carbonyl (C=O) groups excluding carboxylic acids is 2. The summed E-state index contributed by atoms with van der Waals surface area (Å²) in [5, 5.41) is 6.41. The molecule has 1 aromatic rings. The average Bonchev–Trinajstić information content (AvgIpc) is 2.66. The van der Waals surface area contributed by atoms with Gasteiger partial charge in [-0.05, 0) is 25.4 Å². The molecule has 0 fully saturated rings. The maximum Gasteiger partial charge on any atom is 0.343 e. The second-order valence-corrected chi connectivity index (χ2v) is 4.38. The average molecular weight is 271 g/mol. The third-order valence-electron chi connectivity index (χ3n) is 2.13. The van der Waals surface area contributed by atoms with Crippen LogP contribution in [0.1, 0.15) is 29.9 Å². The molecule has 1 amide bonds. The first kappa shape index (κ1) is 14.4. The van der Waals surface area contributed by atoms with Crippen molar-refractivity contribution in [1.82, 2.24) is 9.69 Å². The molecule has 0 spiro atoms. The zero-order valence-electron chi connectivity index (χ0n) is 10.7. The van der Waals surface area contributed by atoms with Crippen LogP contribution in [0.5, 0.6) is 0 Å². The van der Waals surface area contributed by atoms with E-state index in [1.54, 1.807) is 13.8 Å². The van der Waals surface area contributed by atoms with E-state index in [-0.39, 0.29) is 11.9 Å². The summed E-state index contributed by atoms with van der Waals surface area (Å²) in [4.78, 5) is 22.4. The molecule has 6 nitrogen and oxygen atoms in total. The molecular weight excluding hydrogens is 254 g/mol. The molecular formula is C11H17N3O3S. The molecule has 0 bridgehead atoms. The number of rotatable bonds is 6. The number of carbonyl (C=O) groups is 2. The number of hydrogen-bond donors (Lipinski definition) is 2. The fourth-order valence-electron chi connectivity index (χ4n) is 1.35. The van der Waals surface area contributed by atoms with Gasteiger partial charge in [0.1, 0.15) is 10.6 Å². The highest BCUT2D eigenvalue weighted by Gasteiger charge is 2.19. The molecule has 0 radical (unpaired) electrons. The van der Waals surface area contributed by atoms with Crippen LogP contribution in [0.3, 0.4) is 0 Å². The number of aryl methyl sites for hydroxylation is 1. The number of nitrogens with zero attached hydrogens (tertiary/aromatic N) is 1. The molecule has 100 valence electrons. The van der Waals surface area contributed by atoms with Gasteiger partial charge in [0.15, 0.2) is 0 Å². The van der Waals surface area contributed by atoms with Gasteiger partial charge < -0.3 is 15.4 Å². The molecule has 0 aliphatic rings. The molecule has 2 N–H and O–H groups in total. The molecule has 0 aromatic carbocycles. The number of ether oxygens (including phenoxy) is 1. The Bertz CT molecular complexity index is 431. The summed E-state index contributed by atoms with van der Waals surface area (Å²) in [6.45, 7) is 6.35. The van der Waals surface area contributed by atoms with E-state index in [1.165, 1.54) is 18.5 Å². The molecule has 1 aromatic heterocycles. The molecule has 0 aliphatic carbocycles. The summed E-state index contributed by atoms with van der Waals surface area (Å²) in [6, 6.07) is 0. The van der Waals surface area contributed by atoms with Gasteiger partial charge in [-0.1, -0.05) is 0 Å². The lowest BCUT2D eigenvalue weighted by molar-refractivity contribution is -0.118. The first-order valence-corrected chi connectivity index (χ1v) is 6.45. The lowest BCUT2D eigenvalue weighted by atomic mass is 10.2. The topological polar surface area (TPSA) is 80.3 Å². The molecule has 1 heterocycles. The predicted molar refractivity (Wildman–Crippen MR) is 70.0 cm³/mol. The van der Waals surface area contributed by atoms with E-state index in [0.29, 0.717) is 36.0 Å². The molecule has 0 saturated heterocycles. The van der Waals surface area contributed by atoms with Crippen molar-refractivity contribution in [2.75, 3.05) is 25.0 Å². The molecule has 1 rings (SSSR count). The van der Waals surface area contributed by atoms with E-state index in [9.17, 15) is 9.59 Å². The van der Waals surface area contributed by atoms with Gasteiger partial charge >= 0.3 is 5.97 Å². The zero-order valence-corrected chi connectivity index (χ0v) is 11.5. The maximum atomic E-state index is 11.7. The molecule has 7 heteroatoms. The van der Waals surface area contributed by atoms with E-state index in [0.717, 1.165) is 0 Å². The minimum Gasteiger partial charge on any atom is -0.462 e. The highest BCUT2D eigenvalue weighted by Crippen LogP contribution is 2.24. The summed E-state index contributed by atoms with van der Waals surface area (Å²) < 4.78 is 9.10. The SMILES string of the molecule is CCOC(=O)c1c(C)nsc1NCCNC(C)=O. The van der Waals surface area contributed by atoms with Gasteiger partial charge in [0.05, 0.1) is 12.3 Å². The Hall–Kier alpha value is -1.63. The van der Waals surface area contributed by atoms with Crippen LogP contribution in [0.25, 0.3) is 0 Å². The number of anilines is 1. The van der Waals surface area contributed by atoms with Crippen LogP contribution in [-0.4, -0.2) is 35.9 Å². The van der Waals surface area contributed by atoms with Crippen molar-refractivity contribution < 1.29 is 14.3 Å². The van der Waals surface area contributed by atoms with Crippen molar-refractivity contribution in [3.05, 3.63) is 11.3 Å². The Balaban J connectivity index is 2.60. The first-order valence-electron chi connectivity index (χ1n) is 5.68. The Kier molecular flexibility index (Phi) is 5.57. The van der Waals surface area contributed by atoms with Gasteiger partial charge in [-0.25, -0.2) is 4.79 Å². The van der Waals surface area contributed by atoms with Crippen molar-refractivity contribution in [2.45, 2.75) is 20.8 Å². The van der Waals surface area contributed by atoms with Crippen molar-refractivity contribution in [3.8, 4) is 0 Å². The van der Waals surface area contributed by atoms with Crippen molar-refractivity contribution in [2.24, 2.45) is 0 Å². The third kappa shape index (κ3) is 3.99. The van der Waals surface area contributed by atoms with Gasteiger partial charge in [0, 0.05) is 20.0 Å². The predicted octanol–water partition coefficient (Wildman–Crippen LogP) is 1.18. The summed E-state index contributed by atoms with van der Waals surface area (Å²) in [5.74, 6) is -0.450. The highest BCUT2D eigenvalue weighted by atomic mass is 32.1. The monoisotopic (exact) mass is 271 g/mol. The number of esters is 1. The first-order chi connectivity index (χ1) is 8.56. The normalized spacial score (nSPS) is 9.94.